The maximum absolute atomic E-state index is 13.6. The molecule has 1 unspecified atom stereocenters. The zero-order valence-corrected chi connectivity index (χ0v) is 12.6. The van der Waals surface area contributed by atoms with E-state index in [1.807, 2.05) is 30.3 Å². The number of aromatic nitrogens is 2. The molecule has 0 spiro atoms. The molecule has 0 saturated carbocycles. The van der Waals surface area contributed by atoms with Gasteiger partial charge in [0.05, 0.1) is 11.6 Å². The molecule has 0 fully saturated rings. The Balaban J connectivity index is 1.95. The van der Waals surface area contributed by atoms with E-state index in [4.69, 9.17) is 5.11 Å². The van der Waals surface area contributed by atoms with Crippen LogP contribution < -0.4 is 5.32 Å². The zero-order chi connectivity index (χ0) is 16.1. The number of fused-ring (bicyclic) bond motifs is 1. The quantitative estimate of drug-likeness (QED) is 0.729. The number of benzene rings is 2. The first-order chi connectivity index (χ1) is 11.3. The second-order valence-corrected chi connectivity index (χ2v) is 5.36. The normalized spacial score (nSPS) is 12.3. The summed E-state index contributed by atoms with van der Waals surface area (Å²) >= 11 is 0. The number of aliphatic hydroxyl groups excluding tert-OH is 1. The summed E-state index contributed by atoms with van der Waals surface area (Å²) in [5.41, 5.74) is 1.79. The Hall–Kier alpha value is -2.53. The first kappa shape index (κ1) is 15.4. The van der Waals surface area contributed by atoms with Gasteiger partial charge in [-0.3, -0.25) is 0 Å². The van der Waals surface area contributed by atoms with Crippen LogP contribution in [0.15, 0.2) is 54.9 Å². The number of aliphatic hydroxyl groups is 1. The molecule has 23 heavy (non-hydrogen) atoms. The number of hydrogen-bond acceptors (Lipinski definition) is 4. The first-order valence-corrected chi connectivity index (χ1v) is 7.60. The third-order valence-electron chi connectivity index (χ3n) is 3.76. The van der Waals surface area contributed by atoms with Crippen LogP contribution in [0.2, 0.25) is 0 Å². The molecule has 1 aromatic heterocycles. The fraction of sp³-hybridized carbons (Fsp3) is 0.222. The van der Waals surface area contributed by atoms with Gasteiger partial charge in [0.15, 0.2) is 0 Å². The molecule has 0 aliphatic heterocycles. The van der Waals surface area contributed by atoms with Crippen molar-refractivity contribution in [3.05, 3.63) is 66.2 Å². The van der Waals surface area contributed by atoms with Crippen LogP contribution in [0.5, 0.6) is 0 Å². The number of rotatable bonds is 6. The van der Waals surface area contributed by atoms with Crippen LogP contribution in [0.3, 0.4) is 0 Å². The van der Waals surface area contributed by atoms with E-state index in [1.165, 1.54) is 18.5 Å². The van der Waals surface area contributed by atoms with E-state index in [0.29, 0.717) is 23.1 Å². The molecule has 3 rings (SSSR count). The number of nitrogens with zero attached hydrogens (tertiary/aromatic N) is 2. The molecular weight excluding hydrogens is 293 g/mol. The van der Waals surface area contributed by atoms with Crippen LogP contribution in [0.4, 0.5) is 10.2 Å². The fourth-order valence-corrected chi connectivity index (χ4v) is 2.61. The van der Waals surface area contributed by atoms with E-state index in [2.05, 4.69) is 15.3 Å². The summed E-state index contributed by atoms with van der Waals surface area (Å²) in [6.07, 6.45) is 2.89. The van der Waals surface area contributed by atoms with Crippen molar-refractivity contribution >= 4 is 16.7 Å². The predicted octanol–water partition coefficient (Wildman–Crippen LogP) is 3.69. The molecule has 2 N–H and O–H groups in total. The van der Waals surface area contributed by atoms with Gasteiger partial charge in [-0.15, -0.1) is 0 Å². The van der Waals surface area contributed by atoms with Crippen molar-refractivity contribution in [2.24, 2.45) is 0 Å². The second-order valence-electron chi connectivity index (χ2n) is 5.36. The van der Waals surface area contributed by atoms with Gasteiger partial charge in [-0.2, -0.15) is 0 Å². The molecule has 0 amide bonds. The number of halogens is 1. The Morgan fingerprint density at radius 1 is 1.09 bits per heavy atom. The van der Waals surface area contributed by atoms with Gasteiger partial charge in [-0.25, -0.2) is 14.4 Å². The number of nitrogens with one attached hydrogen (secondary N) is 1. The zero-order valence-electron chi connectivity index (χ0n) is 12.6. The summed E-state index contributed by atoms with van der Waals surface area (Å²) in [5, 5.41) is 13.2. The smallest absolute Gasteiger partial charge is 0.137 e. The lowest BCUT2D eigenvalue weighted by atomic mass is 10.0. The summed E-state index contributed by atoms with van der Waals surface area (Å²) in [7, 11) is 0. The highest BCUT2D eigenvalue weighted by Crippen LogP contribution is 2.27. The number of hydrogen-bond donors (Lipinski definition) is 2. The molecule has 5 heteroatoms. The van der Waals surface area contributed by atoms with Crippen molar-refractivity contribution in [2.75, 3.05) is 11.9 Å². The molecule has 0 aliphatic carbocycles. The molecule has 3 aromatic rings. The highest BCUT2D eigenvalue weighted by atomic mass is 19.1. The minimum atomic E-state index is -0.318. The largest absolute Gasteiger partial charge is 0.396 e. The van der Waals surface area contributed by atoms with Gasteiger partial charge < -0.3 is 10.4 Å². The Kier molecular flexibility index (Phi) is 4.78. The lowest BCUT2D eigenvalue weighted by Crippen LogP contribution is -2.13. The molecule has 118 valence electrons. The van der Waals surface area contributed by atoms with Crippen molar-refractivity contribution in [2.45, 2.75) is 18.9 Å². The molecule has 0 radical (unpaired) electrons. The van der Waals surface area contributed by atoms with Crippen molar-refractivity contribution in [1.82, 2.24) is 9.97 Å². The van der Waals surface area contributed by atoms with Crippen LogP contribution in [0.1, 0.15) is 24.4 Å². The third kappa shape index (κ3) is 3.63. The van der Waals surface area contributed by atoms with E-state index in [0.717, 1.165) is 12.0 Å². The van der Waals surface area contributed by atoms with Gasteiger partial charge in [-0.1, -0.05) is 30.3 Å². The molecule has 4 nitrogen and oxygen atoms in total. The molecule has 0 aliphatic rings. The van der Waals surface area contributed by atoms with Crippen LogP contribution in [-0.4, -0.2) is 21.7 Å². The third-order valence-corrected chi connectivity index (χ3v) is 3.76. The van der Waals surface area contributed by atoms with E-state index in [1.54, 1.807) is 6.07 Å². The van der Waals surface area contributed by atoms with Crippen molar-refractivity contribution in [3.8, 4) is 0 Å². The van der Waals surface area contributed by atoms with Gasteiger partial charge >= 0.3 is 0 Å². The molecule has 1 atom stereocenters. The Bertz CT molecular complexity index is 780. The Morgan fingerprint density at radius 3 is 2.70 bits per heavy atom. The summed E-state index contributed by atoms with van der Waals surface area (Å²) in [6, 6.07) is 14.4. The minimum absolute atomic E-state index is 0.00952. The second kappa shape index (κ2) is 7.15. The fourth-order valence-electron chi connectivity index (χ4n) is 2.61. The van der Waals surface area contributed by atoms with E-state index < -0.39 is 0 Å². The average molecular weight is 311 g/mol. The van der Waals surface area contributed by atoms with Gasteiger partial charge in [0.1, 0.15) is 18.0 Å². The van der Waals surface area contributed by atoms with Crippen LogP contribution in [0.25, 0.3) is 10.9 Å². The number of anilines is 1. The molecular formula is C18H18FN3O. The topological polar surface area (TPSA) is 58.0 Å². The lowest BCUT2D eigenvalue weighted by Gasteiger charge is -2.20. The van der Waals surface area contributed by atoms with E-state index in [9.17, 15) is 4.39 Å². The van der Waals surface area contributed by atoms with E-state index in [-0.39, 0.29) is 18.5 Å². The van der Waals surface area contributed by atoms with Crippen LogP contribution in [-0.2, 0) is 0 Å². The highest BCUT2D eigenvalue weighted by Gasteiger charge is 2.14. The monoisotopic (exact) mass is 311 g/mol. The summed E-state index contributed by atoms with van der Waals surface area (Å²) < 4.78 is 13.6. The predicted molar refractivity (Wildman–Crippen MR) is 88.6 cm³/mol. The van der Waals surface area contributed by atoms with Crippen molar-refractivity contribution < 1.29 is 9.50 Å². The van der Waals surface area contributed by atoms with E-state index >= 15 is 0 Å². The van der Waals surface area contributed by atoms with Gasteiger partial charge in [0, 0.05) is 12.0 Å². The SMILES string of the molecule is OCCCC(Nc1ncnc2ccc(F)cc12)c1ccccc1. The molecule has 1 heterocycles. The standard InChI is InChI=1S/C18H18FN3O/c19-14-8-9-17-15(11-14)18(21-12-20-17)22-16(7-4-10-23)13-5-2-1-3-6-13/h1-3,5-6,8-9,11-12,16,23H,4,7,10H2,(H,20,21,22). The Labute approximate surface area is 134 Å². The maximum Gasteiger partial charge on any atom is 0.137 e. The lowest BCUT2D eigenvalue weighted by molar-refractivity contribution is 0.281. The highest BCUT2D eigenvalue weighted by molar-refractivity contribution is 5.88. The average Bonchev–Trinajstić information content (AvgIpc) is 2.59. The molecule has 0 bridgehead atoms. The summed E-state index contributed by atoms with van der Waals surface area (Å²) in [6.45, 7) is 0.129. The molecule has 2 aromatic carbocycles. The maximum atomic E-state index is 13.6. The summed E-state index contributed by atoms with van der Waals surface area (Å²) in [4.78, 5) is 8.44. The van der Waals surface area contributed by atoms with Crippen molar-refractivity contribution in [3.63, 3.8) is 0 Å². The van der Waals surface area contributed by atoms with Crippen molar-refractivity contribution in [1.29, 1.82) is 0 Å². The van der Waals surface area contributed by atoms with Gasteiger partial charge in [0.25, 0.3) is 0 Å². The molecule has 0 saturated heterocycles. The minimum Gasteiger partial charge on any atom is -0.396 e. The summed E-state index contributed by atoms with van der Waals surface area (Å²) in [5.74, 6) is 0.281. The Morgan fingerprint density at radius 2 is 1.91 bits per heavy atom. The van der Waals surface area contributed by atoms with Crippen LogP contribution >= 0.6 is 0 Å². The van der Waals surface area contributed by atoms with Gasteiger partial charge in [0.2, 0.25) is 0 Å². The van der Waals surface area contributed by atoms with Crippen LogP contribution in [0, 0.1) is 5.82 Å². The first-order valence-electron chi connectivity index (χ1n) is 7.60. The van der Waals surface area contributed by atoms with Gasteiger partial charge in [-0.05, 0) is 36.6 Å².